The van der Waals surface area contributed by atoms with Gasteiger partial charge in [0.1, 0.15) is 5.82 Å². The largest absolute Gasteiger partial charge is 0.308 e. The van der Waals surface area contributed by atoms with E-state index in [1.165, 1.54) is 32.3 Å². The van der Waals surface area contributed by atoms with E-state index in [4.69, 9.17) is 0 Å². The first kappa shape index (κ1) is 20.4. The van der Waals surface area contributed by atoms with Crippen LogP contribution in [0, 0.1) is 12.7 Å². The van der Waals surface area contributed by atoms with Crippen molar-refractivity contribution in [2.45, 2.75) is 39.0 Å². The first-order valence-corrected chi connectivity index (χ1v) is 12.3. The average molecular weight is 460 g/mol. The van der Waals surface area contributed by atoms with Crippen molar-refractivity contribution in [1.82, 2.24) is 18.9 Å². The summed E-state index contributed by atoms with van der Waals surface area (Å²) in [6, 6.07) is 6.86. The lowest BCUT2D eigenvalue weighted by Crippen LogP contribution is -2.47. The van der Waals surface area contributed by atoms with Gasteiger partial charge in [-0.25, -0.2) is 9.37 Å². The molecule has 1 fully saturated rings. The summed E-state index contributed by atoms with van der Waals surface area (Å²) in [5.41, 5.74) is 7.43. The number of anilines is 1. The number of hydrogen-bond acceptors (Lipinski definition) is 5. The number of rotatable bonds is 3. The second-order valence-electron chi connectivity index (χ2n) is 8.84. The van der Waals surface area contributed by atoms with Crippen LogP contribution in [0.4, 0.5) is 10.1 Å². The second kappa shape index (κ2) is 8.30. The van der Waals surface area contributed by atoms with Gasteiger partial charge in [0.2, 0.25) is 0 Å². The minimum atomic E-state index is -0.193. The van der Waals surface area contributed by atoms with Crippen molar-refractivity contribution in [3.63, 3.8) is 0 Å². The molecule has 33 heavy (non-hydrogen) atoms. The fourth-order valence-electron chi connectivity index (χ4n) is 5.15. The van der Waals surface area contributed by atoms with E-state index in [1.54, 1.807) is 23.7 Å². The maximum absolute atomic E-state index is 13.5. The number of benzene rings is 1. The molecular weight excluding hydrogens is 433 g/mol. The van der Waals surface area contributed by atoms with Crippen molar-refractivity contribution < 1.29 is 4.39 Å². The average Bonchev–Trinajstić information content (AvgIpc) is 3.49. The Kier molecular flexibility index (Phi) is 5.14. The lowest BCUT2D eigenvalue weighted by molar-refractivity contribution is 0.281. The van der Waals surface area contributed by atoms with Gasteiger partial charge >= 0.3 is 0 Å². The molecular formula is C26H26FN5S. The van der Waals surface area contributed by atoms with Gasteiger partial charge < -0.3 is 4.57 Å². The Morgan fingerprint density at radius 3 is 2.76 bits per heavy atom. The van der Waals surface area contributed by atoms with Crippen molar-refractivity contribution in [3.8, 4) is 0 Å². The summed E-state index contributed by atoms with van der Waals surface area (Å²) in [5.74, 6) is -0.193. The minimum absolute atomic E-state index is 0.193. The predicted molar refractivity (Wildman–Crippen MR) is 130 cm³/mol. The molecule has 2 aromatic heterocycles. The van der Waals surface area contributed by atoms with E-state index >= 15 is 0 Å². The molecule has 0 N–H and O–H groups in total. The molecule has 1 saturated heterocycles. The van der Waals surface area contributed by atoms with Crippen LogP contribution in [0.5, 0.6) is 0 Å². The van der Waals surface area contributed by atoms with Gasteiger partial charge in [0.25, 0.3) is 0 Å². The first-order chi connectivity index (χ1) is 16.2. The van der Waals surface area contributed by atoms with Crippen LogP contribution < -0.4 is 14.8 Å². The predicted octanol–water partition coefficient (Wildman–Crippen LogP) is 4.12. The first-order valence-electron chi connectivity index (χ1n) is 11.6. The molecule has 0 saturated carbocycles. The van der Waals surface area contributed by atoms with Crippen LogP contribution in [0.2, 0.25) is 0 Å². The molecule has 3 aromatic rings. The third-order valence-corrected chi connectivity index (χ3v) is 7.55. The highest BCUT2D eigenvalue weighted by atomic mass is 32.1. The van der Waals surface area contributed by atoms with Gasteiger partial charge in [-0.3, -0.25) is 10.0 Å². The van der Waals surface area contributed by atoms with E-state index in [0.29, 0.717) is 0 Å². The highest BCUT2D eigenvalue weighted by Crippen LogP contribution is 2.35. The topological polar surface area (TPSA) is 37.2 Å². The Morgan fingerprint density at radius 1 is 1.06 bits per heavy atom. The SMILES string of the molecule is Cc1cn(C2=c3sncc3=C(C=C3CCCN4C3=CCCN4c3ccc(F)cc3)CC2)cn1. The lowest BCUT2D eigenvalue weighted by Gasteiger charge is -2.45. The maximum atomic E-state index is 13.5. The number of allylic oxidation sites excluding steroid dienone is 2. The van der Waals surface area contributed by atoms with Crippen molar-refractivity contribution in [2.24, 2.45) is 0 Å². The number of aryl methyl sites for hydroxylation is 1. The van der Waals surface area contributed by atoms with E-state index in [2.05, 4.69) is 42.3 Å². The number of halogens is 1. The van der Waals surface area contributed by atoms with Crippen molar-refractivity contribution >= 4 is 28.5 Å². The number of hydrogen-bond donors (Lipinski definition) is 0. The van der Waals surface area contributed by atoms with Crippen LogP contribution in [0.1, 0.15) is 37.8 Å². The number of nitrogens with zero attached hydrogens (tertiary/aromatic N) is 5. The van der Waals surface area contributed by atoms with Crippen LogP contribution in [0.15, 0.2) is 66.4 Å². The molecule has 6 rings (SSSR count). The number of imidazole rings is 1. The molecule has 0 unspecified atom stereocenters. The minimum Gasteiger partial charge on any atom is -0.308 e. The van der Waals surface area contributed by atoms with Gasteiger partial charge in [-0.05, 0) is 86.0 Å². The molecule has 0 radical (unpaired) electrons. The van der Waals surface area contributed by atoms with Crippen molar-refractivity contribution in [2.75, 3.05) is 18.1 Å². The molecule has 2 aliphatic heterocycles. The van der Waals surface area contributed by atoms with Gasteiger partial charge in [0.05, 0.1) is 27.9 Å². The van der Waals surface area contributed by atoms with E-state index in [0.717, 1.165) is 56.6 Å². The number of piperidine rings is 1. The van der Waals surface area contributed by atoms with Gasteiger partial charge in [0, 0.05) is 36.4 Å². The van der Waals surface area contributed by atoms with Gasteiger partial charge in [0.15, 0.2) is 0 Å². The Labute approximate surface area is 196 Å². The van der Waals surface area contributed by atoms with E-state index in [1.807, 2.05) is 31.6 Å². The summed E-state index contributed by atoms with van der Waals surface area (Å²) in [7, 11) is 0. The van der Waals surface area contributed by atoms with E-state index in [9.17, 15) is 4.39 Å². The summed E-state index contributed by atoms with van der Waals surface area (Å²) in [6.45, 7) is 3.93. The van der Waals surface area contributed by atoms with Crippen molar-refractivity contribution in [1.29, 1.82) is 0 Å². The zero-order chi connectivity index (χ0) is 22.4. The molecule has 0 bridgehead atoms. The van der Waals surface area contributed by atoms with Gasteiger partial charge in [-0.2, -0.15) is 4.37 Å². The highest BCUT2D eigenvalue weighted by molar-refractivity contribution is 7.03. The highest BCUT2D eigenvalue weighted by Gasteiger charge is 2.28. The van der Waals surface area contributed by atoms with E-state index < -0.39 is 0 Å². The summed E-state index contributed by atoms with van der Waals surface area (Å²) in [5, 5.41) is 5.94. The Bertz CT molecular complexity index is 1380. The zero-order valence-electron chi connectivity index (χ0n) is 18.7. The Balaban J connectivity index is 1.39. The third-order valence-electron chi connectivity index (χ3n) is 6.70. The second-order valence-corrected chi connectivity index (χ2v) is 9.64. The molecule has 0 amide bonds. The molecule has 1 aromatic carbocycles. The fourth-order valence-corrected chi connectivity index (χ4v) is 6.00. The molecule has 4 heterocycles. The molecule has 3 aliphatic rings. The zero-order valence-corrected chi connectivity index (χ0v) is 19.5. The Hall–Kier alpha value is -3.19. The molecule has 0 spiro atoms. The van der Waals surface area contributed by atoms with Crippen molar-refractivity contribution in [3.05, 3.63) is 87.7 Å². The molecule has 1 aliphatic carbocycles. The Morgan fingerprint density at radius 2 is 1.94 bits per heavy atom. The third kappa shape index (κ3) is 3.70. The summed E-state index contributed by atoms with van der Waals surface area (Å²) in [6.07, 6.45) is 16.0. The monoisotopic (exact) mass is 459 g/mol. The molecule has 168 valence electrons. The quantitative estimate of drug-likeness (QED) is 0.591. The molecule has 5 nitrogen and oxygen atoms in total. The number of fused-ring (bicyclic) bond motifs is 2. The lowest BCUT2D eigenvalue weighted by atomic mass is 9.93. The van der Waals surface area contributed by atoms with E-state index in [-0.39, 0.29) is 5.82 Å². The van der Waals surface area contributed by atoms with Crippen LogP contribution in [0.3, 0.4) is 0 Å². The number of aromatic nitrogens is 3. The van der Waals surface area contributed by atoms with Gasteiger partial charge in [-0.1, -0.05) is 12.2 Å². The van der Waals surface area contributed by atoms with Crippen LogP contribution >= 0.6 is 11.5 Å². The van der Waals surface area contributed by atoms with Crippen LogP contribution in [-0.2, 0) is 0 Å². The summed E-state index contributed by atoms with van der Waals surface area (Å²) < 4.78 is 21.4. The number of hydrazine groups is 1. The van der Waals surface area contributed by atoms with Crippen LogP contribution in [0.25, 0.3) is 11.3 Å². The summed E-state index contributed by atoms with van der Waals surface area (Å²) in [4.78, 5) is 4.41. The summed E-state index contributed by atoms with van der Waals surface area (Å²) >= 11 is 1.58. The molecule has 7 heteroatoms. The van der Waals surface area contributed by atoms with Crippen LogP contribution in [-0.4, -0.2) is 32.0 Å². The normalized spacial score (nSPS) is 19.6. The smallest absolute Gasteiger partial charge is 0.123 e. The fraction of sp³-hybridized carbons (Fsp3) is 0.308. The maximum Gasteiger partial charge on any atom is 0.123 e. The van der Waals surface area contributed by atoms with Gasteiger partial charge in [-0.15, -0.1) is 0 Å². The standard InChI is InChI=1S/C26H26FN5S/c1-18-16-30(17-28-18)25-11-6-19(23-15-29-33-26(23)25)14-20-4-2-13-32-24(20)5-3-12-31(32)22-9-7-21(27)8-10-22/h5,7-10,14-17H,2-4,6,11-13H2,1H3. The molecule has 0 atom stereocenters.